The Morgan fingerprint density at radius 1 is 0.922 bits per heavy atom. The maximum Gasteiger partial charge on any atom is 0.410 e. The molecule has 5 saturated carbocycles. The monoisotopic (exact) mass is 715 g/mol. The van der Waals surface area contributed by atoms with E-state index < -0.39 is 11.2 Å². The number of aliphatic hydroxyl groups is 1. The molecule has 8 aliphatic rings. The molecule has 9 heteroatoms. The Morgan fingerprint density at radius 2 is 1.67 bits per heavy atom. The van der Waals surface area contributed by atoms with Crippen molar-refractivity contribution in [3.63, 3.8) is 0 Å². The van der Waals surface area contributed by atoms with Crippen molar-refractivity contribution in [3.05, 3.63) is 0 Å². The zero-order valence-electron chi connectivity index (χ0n) is 33.4. The van der Waals surface area contributed by atoms with E-state index in [0.717, 1.165) is 37.8 Å². The van der Waals surface area contributed by atoms with Crippen LogP contribution >= 0.6 is 0 Å². The van der Waals surface area contributed by atoms with E-state index in [9.17, 15) is 9.90 Å². The van der Waals surface area contributed by atoms with E-state index in [0.29, 0.717) is 66.5 Å². The smallest absolute Gasteiger partial charge is 0.410 e. The molecule has 12 atom stereocenters. The van der Waals surface area contributed by atoms with Crippen LogP contribution in [0.2, 0.25) is 0 Å². The van der Waals surface area contributed by atoms with Crippen LogP contribution in [0.5, 0.6) is 0 Å². The molecule has 0 bridgehead atoms. The van der Waals surface area contributed by atoms with Crippen molar-refractivity contribution in [1.82, 2.24) is 9.80 Å². The second-order valence-corrected chi connectivity index (χ2v) is 20.8. The summed E-state index contributed by atoms with van der Waals surface area (Å²) in [7, 11) is 0. The van der Waals surface area contributed by atoms with Crippen molar-refractivity contribution in [2.24, 2.45) is 45.3 Å². The Balaban J connectivity index is 0.902. The van der Waals surface area contributed by atoms with Gasteiger partial charge in [0.05, 0.1) is 37.1 Å². The Labute approximate surface area is 308 Å². The third-order valence-electron chi connectivity index (χ3n) is 16.4. The number of ether oxygens (including phenoxy) is 5. The molecule has 8 rings (SSSR count). The number of rotatable bonds is 7. The molecule has 8 fully saturated rings. The van der Waals surface area contributed by atoms with Crippen molar-refractivity contribution < 1.29 is 33.6 Å². The van der Waals surface area contributed by atoms with E-state index in [1.165, 1.54) is 51.4 Å². The highest BCUT2D eigenvalue weighted by Crippen LogP contribution is 2.87. The summed E-state index contributed by atoms with van der Waals surface area (Å²) in [5.41, 5.74) is 0.0552. The number of likely N-dealkylation sites (tertiary alicyclic amines) is 1. The Hall–Kier alpha value is -0.970. The van der Waals surface area contributed by atoms with Crippen molar-refractivity contribution in [2.45, 2.75) is 174 Å². The van der Waals surface area contributed by atoms with E-state index in [4.69, 9.17) is 23.7 Å². The van der Waals surface area contributed by atoms with Gasteiger partial charge in [-0.25, -0.2) is 4.79 Å². The SMILES string of the molecule is CCO[C@@H](C1CCC2C(CC3C4CCC5C(C)(C)[C@@H](OC6CN(C7CN(C(=O)OC(C)(C)C)C7)CCO6)CCC56C[C@@]46CCC23C)O1)C(C)(C)O. The summed E-state index contributed by atoms with van der Waals surface area (Å²) in [6.07, 6.45) is 12.4. The lowest BCUT2D eigenvalue weighted by atomic mass is 9.46. The molecule has 290 valence electrons. The highest BCUT2D eigenvalue weighted by atomic mass is 16.7. The van der Waals surface area contributed by atoms with Gasteiger partial charge in [-0.1, -0.05) is 20.8 Å². The van der Waals surface area contributed by atoms with Crippen LogP contribution in [-0.2, 0) is 23.7 Å². The minimum atomic E-state index is -0.911. The number of nitrogens with zero attached hydrogens (tertiary/aromatic N) is 2. The van der Waals surface area contributed by atoms with Crippen molar-refractivity contribution >= 4 is 6.09 Å². The maximum absolute atomic E-state index is 12.5. The summed E-state index contributed by atoms with van der Waals surface area (Å²) in [5, 5.41) is 11.0. The molecule has 3 heterocycles. The van der Waals surface area contributed by atoms with Crippen LogP contribution in [0.4, 0.5) is 4.79 Å². The van der Waals surface area contributed by atoms with E-state index >= 15 is 0 Å². The molecule has 0 radical (unpaired) electrons. The molecule has 3 saturated heterocycles. The second-order valence-electron chi connectivity index (χ2n) is 20.8. The largest absolute Gasteiger partial charge is 0.444 e. The molecule has 1 N–H and O–H groups in total. The molecule has 9 nitrogen and oxygen atoms in total. The minimum Gasteiger partial charge on any atom is -0.444 e. The van der Waals surface area contributed by atoms with Gasteiger partial charge in [0, 0.05) is 32.3 Å². The zero-order valence-corrected chi connectivity index (χ0v) is 33.4. The number of carbonyl (C=O) groups is 1. The van der Waals surface area contributed by atoms with Crippen LogP contribution in [-0.4, -0.2) is 108 Å². The molecule has 9 unspecified atom stereocenters. The standard InChI is InChI=1S/C42H70N2O7/c1-10-47-35(39(7,8)46)30-13-11-28-31(49-30)21-29-27-12-14-32-38(5,6)33(15-16-42(32)25-41(27,42)18-17-40(28,29)9)50-34-24-43(19-20-48-34)26-22-44(23-26)36(45)51-37(2,3)4/h26-35,46H,10-25H2,1-9H3/t27?,28?,29?,30?,31?,32?,33-,34?,35-,40?,41-,42?/m0/s1. The van der Waals surface area contributed by atoms with Crippen molar-refractivity contribution in [2.75, 3.05) is 39.4 Å². The fraction of sp³-hybridized carbons (Fsp3) is 0.976. The lowest BCUT2D eigenvalue weighted by Crippen LogP contribution is -2.64. The number of amides is 1. The summed E-state index contributed by atoms with van der Waals surface area (Å²) in [6, 6.07) is 0.345. The van der Waals surface area contributed by atoms with Gasteiger partial charge in [0.15, 0.2) is 6.29 Å². The number of carbonyl (C=O) groups excluding carboxylic acids is 1. The molecular weight excluding hydrogens is 644 g/mol. The summed E-state index contributed by atoms with van der Waals surface area (Å²) >= 11 is 0. The first kappa shape index (κ1) is 37.0. The van der Waals surface area contributed by atoms with E-state index in [1.54, 1.807) is 0 Å². The molecule has 2 spiro atoms. The molecular formula is C42H70N2O7. The predicted molar refractivity (Wildman–Crippen MR) is 195 cm³/mol. The van der Waals surface area contributed by atoms with Crippen LogP contribution in [0.1, 0.15) is 127 Å². The fourth-order valence-corrected chi connectivity index (χ4v) is 14.1. The summed E-state index contributed by atoms with van der Waals surface area (Å²) in [6.45, 7) is 23.6. The number of hydrogen-bond acceptors (Lipinski definition) is 8. The van der Waals surface area contributed by atoms with Crippen LogP contribution < -0.4 is 0 Å². The third-order valence-corrected chi connectivity index (χ3v) is 16.4. The summed E-state index contributed by atoms with van der Waals surface area (Å²) in [4.78, 5) is 16.8. The van der Waals surface area contributed by atoms with Gasteiger partial charge in [-0.05, 0) is 151 Å². The normalized spacial score (nSPS) is 45.7. The quantitative estimate of drug-likeness (QED) is 0.301. The topological polar surface area (TPSA) is 89.9 Å². The molecule has 1 amide bonds. The van der Waals surface area contributed by atoms with Crippen molar-refractivity contribution in [3.8, 4) is 0 Å². The average Bonchev–Trinajstić information content (AvgIpc) is 3.59. The van der Waals surface area contributed by atoms with Gasteiger partial charge in [-0.3, -0.25) is 4.90 Å². The first-order valence-electron chi connectivity index (χ1n) is 20.9. The fourth-order valence-electron chi connectivity index (χ4n) is 14.1. The highest BCUT2D eigenvalue weighted by Gasteiger charge is 2.80. The van der Waals surface area contributed by atoms with Gasteiger partial charge in [-0.2, -0.15) is 0 Å². The lowest BCUT2D eigenvalue weighted by Gasteiger charge is -2.60. The average molecular weight is 715 g/mol. The van der Waals surface area contributed by atoms with Crippen LogP contribution in [0, 0.1) is 45.3 Å². The predicted octanol–water partition coefficient (Wildman–Crippen LogP) is 7.03. The van der Waals surface area contributed by atoms with Gasteiger partial charge in [0.25, 0.3) is 0 Å². The van der Waals surface area contributed by atoms with E-state index in [2.05, 4.69) is 25.7 Å². The third kappa shape index (κ3) is 5.95. The Morgan fingerprint density at radius 3 is 2.37 bits per heavy atom. The number of morpholine rings is 1. The summed E-state index contributed by atoms with van der Waals surface area (Å²) < 4.78 is 32.0. The first-order valence-corrected chi connectivity index (χ1v) is 20.9. The van der Waals surface area contributed by atoms with Crippen LogP contribution in [0.15, 0.2) is 0 Å². The first-order chi connectivity index (χ1) is 23.9. The summed E-state index contributed by atoms with van der Waals surface area (Å²) in [5.74, 6) is 2.87. The van der Waals surface area contributed by atoms with Crippen LogP contribution in [0.3, 0.4) is 0 Å². The van der Waals surface area contributed by atoms with E-state index in [-0.39, 0.29) is 36.1 Å². The number of fused-ring (bicyclic) bond motifs is 4. The molecule has 0 aromatic heterocycles. The highest BCUT2D eigenvalue weighted by molar-refractivity contribution is 5.69. The maximum atomic E-state index is 12.5. The zero-order chi connectivity index (χ0) is 36.4. The van der Waals surface area contributed by atoms with Gasteiger partial charge in [0.1, 0.15) is 11.7 Å². The lowest BCUT2D eigenvalue weighted by molar-refractivity contribution is -0.250. The van der Waals surface area contributed by atoms with Gasteiger partial charge in [-0.15, -0.1) is 0 Å². The van der Waals surface area contributed by atoms with E-state index in [1.807, 2.05) is 46.4 Å². The Kier molecular flexibility index (Phi) is 9.08. The van der Waals surface area contributed by atoms with Crippen LogP contribution in [0.25, 0.3) is 0 Å². The molecule has 0 aromatic rings. The molecule has 3 aliphatic heterocycles. The van der Waals surface area contributed by atoms with Gasteiger partial charge >= 0.3 is 6.09 Å². The van der Waals surface area contributed by atoms with Crippen molar-refractivity contribution in [1.29, 1.82) is 0 Å². The minimum absolute atomic E-state index is 0.0242. The van der Waals surface area contributed by atoms with Gasteiger partial charge in [0.2, 0.25) is 0 Å². The molecule has 0 aromatic carbocycles. The number of hydrogen-bond donors (Lipinski definition) is 1. The van der Waals surface area contributed by atoms with Gasteiger partial charge < -0.3 is 33.7 Å². The molecule has 5 aliphatic carbocycles. The molecule has 51 heavy (non-hydrogen) atoms. The second kappa shape index (κ2) is 12.5. The Bertz CT molecular complexity index is 1320.